The fourth-order valence-electron chi connectivity index (χ4n) is 0.561. The highest BCUT2D eigenvalue weighted by Gasteiger charge is 2.10. The van der Waals surface area contributed by atoms with Gasteiger partial charge in [0.2, 0.25) is 0 Å². The van der Waals surface area contributed by atoms with E-state index in [9.17, 15) is 0 Å². The molecule has 1 aliphatic heterocycles. The van der Waals surface area contributed by atoms with E-state index in [2.05, 4.69) is 15.1 Å². The van der Waals surface area contributed by atoms with E-state index in [1.807, 2.05) is 0 Å². The molecule has 1 aliphatic rings. The van der Waals surface area contributed by atoms with Crippen LogP contribution in [0, 0.1) is 0 Å². The highest BCUT2D eigenvalue weighted by molar-refractivity contribution is 6.40. The number of hydrogen-bond donors (Lipinski definition) is 2. The van der Waals surface area contributed by atoms with Gasteiger partial charge in [-0.2, -0.15) is 5.10 Å². The lowest BCUT2D eigenvalue weighted by Crippen LogP contribution is -2.23. The maximum absolute atomic E-state index is 5.29. The standard InChI is InChI=1S/C4H8N4O/c5-4(7-6)3-1-2-9-8-3/h1-2,6H2,(H2,5,7). The second-order valence-corrected chi connectivity index (χ2v) is 1.64. The van der Waals surface area contributed by atoms with Crippen molar-refractivity contribution in [2.75, 3.05) is 6.61 Å². The molecule has 0 spiro atoms. The van der Waals surface area contributed by atoms with E-state index in [1.54, 1.807) is 0 Å². The number of nitrogens with zero attached hydrogens (tertiary/aromatic N) is 2. The molecule has 0 aromatic rings. The first-order valence-electron chi connectivity index (χ1n) is 2.57. The number of hydrazone groups is 1. The van der Waals surface area contributed by atoms with Crippen molar-refractivity contribution in [2.45, 2.75) is 6.42 Å². The zero-order valence-corrected chi connectivity index (χ0v) is 4.87. The van der Waals surface area contributed by atoms with E-state index in [-0.39, 0.29) is 5.84 Å². The molecule has 0 radical (unpaired) electrons. The van der Waals surface area contributed by atoms with E-state index < -0.39 is 0 Å². The summed E-state index contributed by atoms with van der Waals surface area (Å²) in [7, 11) is 0. The summed E-state index contributed by atoms with van der Waals surface area (Å²) in [5.74, 6) is 5.14. The van der Waals surface area contributed by atoms with Crippen molar-refractivity contribution >= 4 is 11.5 Å². The summed E-state index contributed by atoms with van der Waals surface area (Å²) in [5, 5.41) is 6.84. The number of rotatable bonds is 1. The predicted molar refractivity (Wildman–Crippen MR) is 33.8 cm³/mol. The molecular formula is C4H8N4O. The molecule has 0 saturated heterocycles. The Kier molecular flexibility index (Phi) is 1.53. The van der Waals surface area contributed by atoms with Crippen molar-refractivity contribution in [3.63, 3.8) is 0 Å². The second kappa shape index (κ2) is 2.34. The van der Waals surface area contributed by atoms with Crippen molar-refractivity contribution in [3.8, 4) is 0 Å². The van der Waals surface area contributed by atoms with Crippen LogP contribution in [0.2, 0.25) is 0 Å². The summed E-state index contributed by atoms with van der Waals surface area (Å²) >= 11 is 0. The summed E-state index contributed by atoms with van der Waals surface area (Å²) < 4.78 is 0. The molecule has 50 valence electrons. The van der Waals surface area contributed by atoms with Crippen LogP contribution in [-0.4, -0.2) is 18.2 Å². The van der Waals surface area contributed by atoms with Crippen LogP contribution >= 0.6 is 0 Å². The third-order valence-electron chi connectivity index (χ3n) is 1.04. The summed E-state index contributed by atoms with van der Waals surface area (Å²) in [6.07, 6.45) is 0.701. The van der Waals surface area contributed by atoms with Crippen LogP contribution in [0.15, 0.2) is 10.3 Å². The van der Waals surface area contributed by atoms with E-state index >= 15 is 0 Å². The smallest absolute Gasteiger partial charge is 0.168 e. The van der Waals surface area contributed by atoms with Gasteiger partial charge in [0.25, 0.3) is 0 Å². The van der Waals surface area contributed by atoms with Gasteiger partial charge in [0.05, 0.1) is 0 Å². The van der Waals surface area contributed by atoms with Crippen molar-refractivity contribution in [1.29, 1.82) is 0 Å². The number of oxime groups is 1. The largest absolute Gasteiger partial charge is 0.395 e. The average molecular weight is 128 g/mol. The van der Waals surface area contributed by atoms with Crippen LogP contribution in [-0.2, 0) is 4.84 Å². The van der Waals surface area contributed by atoms with E-state index in [0.717, 1.165) is 0 Å². The average Bonchev–Trinajstić information content (AvgIpc) is 2.37. The molecule has 0 aromatic heterocycles. The van der Waals surface area contributed by atoms with E-state index in [0.29, 0.717) is 18.7 Å². The first-order chi connectivity index (χ1) is 4.34. The lowest BCUT2D eigenvalue weighted by atomic mass is 10.3. The van der Waals surface area contributed by atoms with Gasteiger partial charge in [0.15, 0.2) is 5.84 Å². The molecule has 0 amide bonds. The molecule has 5 heteroatoms. The van der Waals surface area contributed by atoms with Crippen LogP contribution in [0.3, 0.4) is 0 Å². The summed E-state index contributed by atoms with van der Waals surface area (Å²) in [6, 6.07) is 0. The topological polar surface area (TPSA) is 86.0 Å². The molecule has 1 heterocycles. The minimum absolute atomic E-state index is 0.257. The lowest BCUT2D eigenvalue weighted by molar-refractivity contribution is 0.174. The fourth-order valence-corrected chi connectivity index (χ4v) is 0.561. The molecule has 0 fully saturated rings. The molecule has 0 aliphatic carbocycles. The van der Waals surface area contributed by atoms with Crippen molar-refractivity contribution in [2.24, 2.45) is 21.8 Å². The third-order valence-corrected chi connectivity index (χ3v) is 1.04. The molecule has 0 unspecified atom stereocenters. The molecule has 1 rings (SSSR count). The number of nitrogens with two attached hydrogens (primary N) is 2. The maximum Gasteiger partial charge on any atom is 0.168 e. The Labute approximate surface area is 52.3 Å². The van der Waals surface area contributed by atoms with Gasteiger partial charge < -0.3 is 16.4 Å². The lowest BCUT2D eigenvalue weighted by Gasteiger charge is -1.90. The van der Waals surface area contributed by atoms with Crippen LogP contribution in [0.25, 0.3) is 0 Å². The first kappa shape index (κ1) is 5.87. The highest BCUT2D eigenvalue weighted by atomic mass is 16.6. The minimum atomic E-state index is 0.257. The Bertz CT molecular complexity index is 162. The maximum atomic E-state index is 5.29. The molecular weight excluding hydrogens is 120 g/mol. The van der Waals surface area contributed by atoms with Gasteiger partial charge in [-0.3, -0.25) is 0 Å². The zero-order chi connectivity index (χ0) is 6.69. The quantitative estimate of drug-likeness (QED) is 0.205. The Morgan fingerprint density at radius 1 is 1.78 bits per heavy atom. The first-order valence-corrected chi connectivity index (χ1v) is 2.57. The summed E-state index contributed by atoms with van der Waals surface area (Å²) in [6.45, 7) is 0.575. The Hall–Kier alpha value is -1.26. The fraction of sp³-hybridized carbons (Fsp3) is 0.500. The minimum Gasteiger partial charge on any atom is -0.395 e. The van der Waals surface area contributed by atoms with Crippen LogP contribution in [0.5, 0.6) is 0 Å². The van der Waals surface area contributed by atoms with Gasteiger partial charge in [-0.15, -0.1) is 0 Å². The molecule has 4 N–H and O–H groups in total. The van der Waals surface area contributed by atoms with Gasteiger partial charge in [-0.25, -0.2) is 0 Å². The van der Waals surface area contributed by atoms with Gasteiger partial charge in [-0.1, -0.05) is 5.16 Å². The van der Waals surface area contributed by atoms with Gasteiger partial charge >= 0.3 is 0 Å². The monoisotopic (exact) mass is 128 g/mol. The molecule has 5 nitrogen and oxygen atoms in total. The zero-order valence-electron chi connectivity index (χ0n) is 4.87. The Morgan fingerprint density at radius 2 is 2.56 bits per heavy atom. The van der Waals surface area contributed by atoms with Gasteiger partial charge in [0.1, 0.15) is 12.3 Å². The predicted octanol–water partition coefficient (Wildman–Crippen LogP) is -1.01. The number of hydrogen-bond acceptors (Lipinski definition) is 4. The van der Waals surface area contributed by atoms with Gasteiger partial charge in [0, 0.05) is 6.42 Å². The van der Waals surface area contributed by atoms with Crippen molar-refractivity contribution in [1.82, 2.24) is 0 Å². The Balaban J connectivity index is 2.61. The molecule has 9 heavy (non-hydrogen) atoms. The van der Waals surface area contributed by atoms with Crippen molar-refractivity contribution < 1.29 is 4.84 Å². The molecule has 0 atom stereocenters. The van der Waals surface area contributed by atoms with Crippen LogP contribution in [0.4, 0.5) is 0 Å². The highest BCUT2D eigenvalue weighted by Crippen LogP contribution is 1.98. The normalized spacial score (nSPS) is 19.1. The Morgan fingerprint density at radius 3 is 3.00 bits per heavy atom. The molecule has 0 bridgehead atoms. The van der Waals surface area contributed by atoms with Gasteiger partial charge in [-0.05, 0) is 0 Å². The van der Waals surface area contributed by atoms with Crippen LogP contribution < -0.4 is 11.6 Å². The molecule has 0 saturated carbocycles. The number of amidine groups is 1. The van der Waals surface area contributed by atoms with E-state index in [1.165, 1.54) is 0 Å². The second-order valence-electron chi connectivity index (χ2n) is 1.64. The van der Waals surface area contributed by atoms with E-state index in [4.69, 9.17) is 11.6 Å². The van der Waals surface area contributed by atoms with Crippen molar-refractivity contribution in [3.05, 3.63) is 0 Å². The summed E-state index contributed by atoms with van der Waals surface area (Å²) in [5.41, 5.74) is 5.93. The van der Waals surface area contributed by atoms with Crippen LogP contribution in [0.1, 0.15) is 6.42 Å². The molecule has 0 aromatic carbocycles. The SMILES string of the molecule is N/N=C(/N)C1=NOCC1. The third kappa shape index (κ3) is 1.10. The summed E-state index contributed by atoms with van der Waals surface area (Å²) in [4.78, 5) is 4.65.